The van der Waals surface area contributed by atoms with Crippen LogP contribution in [0.3, 0.4) is 0 Å². The van der Waals surface area contributed by atoms with Gasteiger partial charge in [-0.25, -0.2) is 0 Å². The van der Waals surface area contributed by atoms with E-state index in [2.05, 4.69) is 32.3 Å². The number of aryl methyl sites for hydroxylation is 1. The molecule has 1 aromatic rings. The van der Waals surface area contributed by atoms with Crippen LogP contribution in [0.4, 0.5) is 0 Å². The third kappa shape index (κ3) is 8.61. The van der Waals surface area contributed by atoms with Gasteiger partial charge in [-0.1, -0.05) is 68.8 Å². The number of methoxy groups -OCH3 is 1. The molecule has 36 heavy (non-hydrogen) atoms. The topological polar surface area (TPSA) is 53.1 Å². The van der Waals surface area contributed by atoms with Crippen molar-refractivity contribution in [1.29, 1.82) is 0 Å². The number of hydrogen-bond acceptors (Lipinski definition) is 5. The monoisotopic (exact) mass is 515 g/mol. The number of ketones is 1. The molecule has 198 valence electrons. The van der Waals surface area contributed by atoms with Crippen LogP contribution in [0, 0.1) is 0 Å². The summed E-state index contributed by atoms with van der Waals surface area (Å²) in [4.78, 5) is 30.4. The second-order valence-corrected chi connectivity index (χ2v) is 9.99. The fraction of sp³-hybridized carbons (Fsp3) is 0.517. The van der Waals surface area contributed by atoms with Crippen molar-refractivity contribution < 1.29 is 14.3 Å². The average molecular weight is 516 g/mol. The molecule has 0 atom stereocenters. The lowest BCUT2D eigenvalue weighted by atomic mass is 9.97. The first-order valence-corrected chi connectivity index (χ1v) is 13.1. The number of carbonyl (C=O) groups excluding carboxylic acids is 2. The minimum absolute atomic E-state index is 0.00672. The van der Waals surface area contributed by atoms with Crippen molar-refractivity contribution in [2.24, 2.45) is 0 Å². The number of Topliss-reactive ketones (excluding diaryl/α,β-unsaturated/α-hetero) is 1. The number of halogens is 1. The Morgan fingerprint density at radius 1 is 1.19 bits per heavy atom. The molecule has 2 heterocycles. The Morgan fingerprint density at radius 3 is 2.42 bits per heavy atom. The fourth-order valence-corrected chi connectivity index (χ4v) is 4.59. The summed E-state index contributed by atoms with van der Waals surface area (Å²) in [5, 5.41) is 0.875. The highest BCUT2D eigenvalue weighted by atomic mass is 35.5. The van der Waals surface area contributed by atoms with Crippen LogP contribution in [0.5, 0.6) is 0 Å². The number of carbonyl (C=O) groups is 2. The summed E-state index contributed by atoms with van der Waals surface area (Å²) >= 11 is 5.82. The maximum Gasteiger partial charge on any atom is 0.246 e. The van der Waals surface area contributed by atoms with Crippen molar-refractivity contribution in [3.63, 3.8) is 0 Å². The predicted octanol–water partition coefficient (Wildman–Crippen LogP) is 5.10. The molecule has 2 fully saturated rings. The first-order chi connectivity index (χ1) is 17.1. The highest BCUT2D eigenvalue weighted by Gasteiger charge is 2.37. The number of rotatable bonds is 9. The fourth-order valence-electron chi connectivity index (χ4n) is 4.32. The third-order valence-electron chi connectivity index (χ3n) is 6.51. The van der Waals surface area contributed by atoms with E-state index in [0.717, 1.165) is 49.6 Å². The molecular formula is C29H42ClN3O3. The van der Waals surface area contributed by atoms with E-state index in [1.165, 1.54) is 5.56 Å². The van der Waals surface area contributed by atoms with Crippen LogP contribution in [0.25, 0.3) is 0 Å². The lowest BCUT2D eigenvalue weighted by Gasteiger charge is -2.46. The number of hydrogen-bond donors (Lipinski definition) is 0. The number of allylic oxidation sites excluding steroid dienone is 2. The van der Waals surface area contributed by atoms with E-state index in [1.54, 1.807) is 25.0 Å². The zero-order chi connectivity index (χ0) is 26.7. The maximum absolute atomic E-state index is 12.5. The molecule has 0 radical (unpaired) electrons. The molecule has 0 saturated carbocycles. The first-order valence-electron chi connectivity index (χ1n) is 12.8. The third-order valence-corrected chi connectivity index (χ3v) is 6.88. The zero-order valence-electron chi connectivity index (χ0n) is 22.6. The maximum atomic E-state index is 12.5. The van der Waals surface area contributed by atoms with Gasteiger partial charge in [-0.15, -0.1) is 0 Å². The molecule has 2 aliphatic rings. The van der Waals surface area contributed by atoms with Gasteiger partial charge in [0.15, 0.2) is 5.78 Å². The highest BCUT2D eigenvalue weighted by Crippen LogP contribution is 2.23. The van der Waals surface area contributed by atoms with Crippen LogP contribution in [-0.4, -0.2) is 78.4 Å². The van der Waals surface area contributed by atoms with Crippen molar-refractivity contribution in [1.82, 2.24) is 14.7 Å². The number of unbranched alkanes of at least 4 members (excludes halogenated alkanes) is 1. The van der Waals surface area contributed by atoms with Crippen LogP contribution in [0.1, 0.15) is 46.1 Å². The average Bonchev–Trinajstić information content (AvgIpc) is 2.84. The normalized spacial score (nSPS) is 18.1. The quantitative estimate of drug-likeness (QED) is 0.428. The van der Waals surface area contributed by atoms with Gasteiger partial charge in [0, 0.05) is 63.6 Å². The van der Waals surface area contributed by atoms with Gasteiger partial charge < -0.3 is 14.5 Å². The van der Waals surface area contributed by atoms with Gasteiger partial charge in [-0.05, 0) is 31.4 Å². The van der Waals surface area contributed by atoms with Gasteiger partial charge in [0.25, 0.3) is 0 Å². The molecular weight excluding hydrogens is 474 g/mol. The van der Waals surface area contributed by atoms with Crippen molar-refractivity contribution in [2.75, 3.05) is 46.4 Å². The van der Waals surface area contributed by atoms with E-state index >= 15 is 0 Å². The van der Waals surface area contributed by atoms with E-state index in [9.17, 15) is 9.59 Å². The first kappa shape index (κ1) is 29.8. The molecule has 7 heteroatoms. The van der Waals surface area contributed by atoms with Crippen LogP contribution in [-0.2, 0) is 20.7 Å². The van der Waals surface area contributed by atoms with Crippen molar-refractivity contribution >= 4 is 23.3 Å². The summed E-state index contributed by atoms with van der Waals surface area (Å²) in [7, 11) is 1.73. The second-order valence-electron chi connectivity index (χ2n) is 9.58. The van der Waals surface area contributed by atoms with E-state index in [-0.39, 0.29) is 17.3 Å². The summed E-state index contributed by atoms with van der Waals surface area (Å²) in [6.45, 7) is 16.1. The van der Waals surface area contributed by atoms with Crippen LogP contribution in [0.2, 0.25) is 5.02 Å². The molecule has 0 unspecified atom stereocenters. The lowest BCUT2D eigenvalue weighted by Crippen LogP contribution is -2.60. The van der Waals surface area contributed by atoms with Gasteiger partial charge in [-0.2, -0.15) is 0 Å². The molecule has 0 N–H and O–H groups in total. The molecule has 1 aromatic carbocycles. The SMILES string of the molecule is C=C1CN(C(=O)/C=C/CN2CC(C)(OC)C2)CCN1/C(=C\CCC)C(C)=O.CCc1ccccc1Cl. The standard InChI is InChI=1S/C21H33N3O3.C8H9Cl/c1-6-7-9-19(18(3)25)24-13-12-23(14-17(24)2)20(26)10-8-11-22-15-21(4,16-22)27-5;1-2-7-5-3-4-6-8(7)9/h8-10H,2,6-7,11-16H2,1,3-5H3;3-6H,2H2,1H3/b10-8+,19-9-;. The van der Waals surface area contributed by atoms with Crippen molar-refractivity contribution in [3.8, 4) is 0 Å². The van der Waals surface area contributed by atoms with Gasteiger partial charge in [-0.3, -0.25) is 14.5 Å². The summed E-state index contributed by atoms with van der Waals surface area (Å²) in [5.41, 5.74) is 2.66. The van der Waals surface area contributed by atoms with E-state index in [0.29, 0.717) is 25.3 Å². The Balaban J connectivity index is 0.000000425. The molecule has 2 saturated heterocycles. The van der Waals surface area contributed by atoms with Crippen molar-refractivity contribution in [3.05, 3.63) is 71.1 Å². The highest BCUT2D eigenvalue weighted by molar-refractivity contribution is 6.31. The second kappa shape index (κ2) is 14.4. The van der Waals surface area contributed by atoms with Gasteiger partial charge in [0.2, 0.25) is 5.91 Å². The number of likely N-dealkylation sites (tertiary alicyclic amines) is 1. The van der Waals surface area contributed by atoms with Gasteiger partial charge in [0.05, 0.1) is 17.8 Å². The minimum Gasteiger partial charge on any atom is -0.376 e. The van der Waals surface area contributed by atoms with Crippen molar-refractivity contribution in [2.45, 2.75) is 52.6 Å². The smallest absolute Gasteiger partial charge is 0.246 e. The van der Waals surface area contributed by atoms with Crippen LogP contribution >= 0.6 is 11.6 Å². The Kier molecular flexibility index (Phi) is 11.9. The molecule has 0 aromatic heterocycles. The predicted molar refractivity (Wildman–Crippen MR) is 148 cm³/mol. The summed E-state index contributed by atoms with van der Waals surface area (Å²) in [6.07, 6.45) is 8.40. The van der Waals surface area contributed by atoms with E-state index < -0.39 is 0 Å². The molecule has 2 aliphatic heterocycles. The van der Waals surface area contributed by atoms with Crippen LogP contribution in [0.15, 0.2) is 60.5 Å². The summed E-state index contributed by atoms with van der Waals surface area (Å²) < 4.78 is 5.43. The van der Waals surface area contributed by atoms with E-state index in [4.69, 9.17) is 16.3 Å². The summed E-state index contributed by atoms with van der Waals surface area (Å²) in [5.74, 6) is 0.0367. The summed E-state index contributed by atoms with van der Waals surface area (Å²) in [6, 6.07) is 7.91. The number of amides is 1. The number of benzene rings is 1. The number of piperazine rings is 1. The minimum atomic E-state index is -0.0500. The molecule has 6 nitrogen and oxygen atoms in total. The van der Waals surface area contributed by atoms with Gasteiger partial charge in [0.1, 0.15) is 0 Å². The molecule has 0 bridgehead atoms. The number of ether oxygens (including phenoxy) is 1. The largest absolute Gasteiger partial charge is 0.376 e. The molecule has 3 rings (SSSR count). The zero-order valence-corrected chi connectivity index (χ0v) is 23.3. The Hall–Kier alpha value is -2.41. The Morgan fingerprint density at radius 2 is 1.89 bits per heavy atom. The Bertz CT molecular complexity index is 966. The van der Waals surface area contributed by atoms with Crippen LogP contribution < -0.4 is 0 Å². The van der Waals surface area contributed by atoms with E-state index in [1.807, 2.05) is 41.3 Å². The molecule has 0 aliphatic carbocycles. The molecule has 0 spiro atoms. The number of nitrogens with zero attached hydrogens (tertiary/aromatic N) is 3. The Labute approximate surface area is 222 Å². The van der Waals surface area contributed by atoms with Gasteiger partial charge >= 0.3 is 0 Å². The molecule has 1 amide bonds. The lowest BCUT2D eigenvalue weighted by molar-refractivity contribution is -0.126.